The van der Waals surface area contributed by atoms with Gasteiger partial charge < -0.3 is 10.4 Å². The first-order chi connectivity index (χ1) is 7.81. The second-order valence-corrected chi connectivity index (χ2v) is 5.47. The summed E-state index contributed by atoms with van der Waals surface area (Å²) in [4.78, 5) is 15.4. The van der Waals surface area contributed by atoms with Crippen LogP contribution in [-0.4, -0.2) is 22.1 Å². The van der Waals surface area contributed by atoms with Crippen LogP contribution in [0.5, 0.6) is 0 Å². The Morgan fingerprint density at radius 2 is 2.12 bits per heavy atom. The normalized spacial score (nSPS) is 21.1. The standard InChI is InChI=1S/C13H18N2O2/c1-7-5-9(15-10-6-13(10,3)4)11(12(16)17)8(2)14-7/h5,10H,6H2,1-4H3,(H,14,15)(H,16,17). The maximum atomic E-state index is 11.2. The maximum absolute atomic E-state index is 11.2. The summed E-state index contributed by atoms with van der Waals surface area (Å²) in [6.45, 7) is 7.96. The van der Waals surface area contributed by atoms with Gasteiger partial charge in [0.1, 0.15) is 5.56 Å². The first kappa shape index (κ1) is 11.9. The number of carboxylic acids is 1. The van der Waals surface area contributed by atoms with Gasteiger partial charge in [0, 0.05) is 11.7 Å². The van der Waals surface area contributed by atoms with Gasteiger partial charge in [-0.15, -0.1) is 0 Å². The second-order valence-electron chi connectivity index (χ2n) is 5.47. The van der Waals surface area contributed by atoms with Crippen LogP contribution in [0.1, 0.15) is 42.0 Å². The molecule has 0 saturated heterocycles. The lowest BCUT2D eigenvalue weighted by Crippen LogP contribution is -2.14. The smallest absolute Gasteiger partial charge is 0.339 e. The number of hydrogen-bond acceptors (Lipinski definition) is 3. The van der Waals surface area contributed by atoms with Crippen molar-refractivity contribution in [2.75, 3.05) is 5.32 Å². The lowest BCUT2D eigenvalue weighted by molar-refractivity contribution is 0.0696. The molecule has 1 aromatic heterocycles. The van der Waals surface area contributed by atoms with E-state index in [2.05, 4.69) is 24.1 Å². The van der Waals surface area contributed by atoms with E-state index in [9.17, 15) is 9.90 Å². The van der Waals surface area contributed by atoms with Crippen LogP contribution < -0.4 is 5.32 Å². The Kier molecular flexibility index (Phi) is 2.60. The summed E-state index contributed by atoms with van der Waals surface area (Å²) in [6, 6.07) is 2.17. The fourth-order valence-corrected chi connectivity index (χ4v) is 2.11. The minimum atomic E-state index is -0.920. The number of carbonyl (C=O) groups is 1. The highest BCUT2D eigenvalue weighted by atomic mass is 16.4. The zero-order valence-electron chi connectivity index (χ0n) is 10.7. The SMILES string of the molecule is Cc1cc(NC2CC2(C)C)c(C(=O)O)c(C)n1. The summed E-state index contributed by atoms with van der Waals surface area (Å²) in [6.07, 6.45) is 1.08. The van der Waals surface area contributed by atoms with Crippen molar-refractivity contribution in [2.45, 2.75) is 40.2 Å². The van der Waals surface area contributed by atoms with Gasteiger partial charge in [-0.1, -0.05) is 13.8 Å². The second kappa shape index (κ2) is 3.72. The maximum Gasteiger partial charge on any atom is 0.339 e. The number of pyridine rings is 1. The van der Waals surface area contributed by atoms with E-state index in [0.29, 0.717) is 23.0 Å². The lowest BCUT2D eigenvalue weighted by atomic mass is 10.1. The molecule has 1 aliphatic carbocycles. The molecule has 1 aromatic rings. The Morgan fingerprint density at radius 3 is 2.59 bits per heavy atom. The number of carboxylic acid groups (broad SMARTS) is 1. The van der Waals surface area contributed by atoms with Crippen LogP contribution in [0.25, 0.3) is 0 Å². The fourth-order valence-electron chi connectivity index (χ4n) is 2.11. The molecular formula is C13H18N2O2. The quantitative estimate of drug-likeness (QED) is 0.843. The number of rotatable bonds is 3. The molecule has 0 aliphatic heterocycles. The molecule has 1 atom stereocenters. The summed E-state index contributed by atoms with van der Waals surface area (Å²) in [5, 5.41) is 12.5. The summed E-state index contributed by atoms with van der Waals surface area (Å²) < 4.78 is 0. The van der Waals surface area contributed by atoms with Crippen molar-refractivity contribution in [3.8, 4) is 0 Å². The van der Waals surface area contributed by atoms with E-state index in [-0.39, 0.29) is 5.41 Å². The van der Waals surface area contributed by atoms with Gasteiger partial charge in [-0.25, -0.2) is 4.79 Å². The molecule has 1 heterocycles. The van der Waals surface area contributed by atoms with Crippen LogP contribution in [0, 0.1) is 19.3 Å². The largest absolute Gasteiger partial charge is 0.478 e. The number of aromatic nitrogens is 1. The molecular weight excluding hydrogens is 216 g/mol. The van der Waals surface area contributed by atoms with Crippen molar-refractivity contribution in [2.24, 2.45) is 5.41 Å². The average Bonchev–Trinajstić information content (AvgIpc) is 2.70. The third-order valence-electron chi connectivity index (χ3n) is 3.39. The van der Waals surface area contributed by atoms with Crippen LogP contribution in [-0.2, 0) is 0 Å². The molecule has 4 nitrogen and oxygen atoms in total. The highest BCUT2D eigenvalue weighted by Gasteiger charge is 2.46. The first-order valence-corrected chi connectivity index (χ1v) is 5.79. The van der Waals surface area contributed by atoms with Crippen LogP contribution in [0.4, 0.5) is 5.69 Å². The third-order valence-corrected chi connectivity index (χ3v) is 3.39. The number of anilines is 1. The van der Waals surface area contributed by atoms with Crippen molar-refractivity contribution in [3.05, 3.63) is 23.0 Å². The predicted octanol–water partition coefficient (Wildman–Crippen LogP) is 2.61. The topological polar surface area (TPSA) is 62.2 Å². The zero-order chi connectivity index (χ0) is 12.8. The molecule has 0 aromatic carbocycles. The Hall–Kier alpha value is -1.58. The zero-order valence-corrected chi connectivity index (χ0v) is 10.7. The average molecular weight is 234 g/mol. The van der Waals surface area contributed by atoms with E-state index in [0.717, 1.165) is 12.1 Å². The molecule has 0 spiro atoms. The highest BCUT2D eigenvalue weighted by Crippen LogP contribution is 2.46. The van der Waals surface area contributed by atoms with Crippen molar-refractivity contribution in [3.63, 3.8) is 0 Å². The molecule has 0 radical (unpaired) electrons. The van der Waals surface area contributed by atoms with Crippen molar-refractivity contribution >= 4 is 11.7 Å². The van der Waals surface area contributed by atoms with Crippen molar-refractivity contribution in [1.29, 1.82) is 0 Å². The van der Waals surface area contributed by atoms with Crippen LogP contribution in [0.3, 0.4) is 0 Å². The number of hydrogen-bond donors (Lipinski definition) is 2. The summed E-state index contributed by atoms with van der Waals surface area (Å²) in [5.74, 6) is -0.920. The first-order valence-electron chi connectivity index (χ1n) is 5.79. The third kappa shape index (κ3) is 2.25. The molecule has 1 unspecified atom stereocenters. The van der Waals surface area contributed by atoms with E-state index < -0.39 is 5.97 Å². The lowest BCUT2D eigenvalue weighted by Gasteiger charge is -2.13. The van der Waals surface area contributed by atoms with E-state index in [1.54, 1.807) is 6.92 Å². The van der Waals surface area contributed by atoms with Crippen LogP contribution in [0.2, 0.25) is 0 Å². The van der Waals surface area contributed by atoms with E-state index >= 15 is 0 Å². The molecule has 2 rings (SSSR count). The van der Waals surface area contributed by atoms with E-state index in [1.165, 1.54) is 0 Å². The van der Waals surface area contributed by atoms with Crippen molar-refractivity contribution in [1.82, 2.24) is 4.98 Å². The van der Waals surface area contributed by atoms with Crippen LogP contribution >= 0.6 is 0 Å². The van der Waals surface area contributed by atoms with Gasteiger partial charge in [-0.2, -0.15) is 0 Å². The minimum Gasteiger partial charge on any atom is -0.478 e. The minimum absolute atomic E-state index is 0.265. The molecule has 1 aliphatic rings. The van der Waals surface area contributed by atoms with Gasteiger partial charge in [-0.05, 0) is 31.7 Å². The predicted molar refractivity (Wildman–Crippen MR) is 66.5 cm³/mol. The highest BCUT2D eigenvalue weighted by molar-refractivity contribution is 5.95. The molecule has 0 amide bonds. The monoisotopic (exact) mass is 234 g/mol. The van der Waals surface area contributed by atoms with Gasteiger partial charge in [0.05, 0.1) is 11.4 Å². The Labute approximate surface area is 101 Å². The van der Waals surface area contributed by atoms with Gasteiger partial charge in [0.2, 0.25) is 0 Å². The van der Waals surface area contributed by atoms with Gasteiger partial charge >= 0.3 is 5.97 Å². The number of nitrogens with zero attached hydrogens (tertiary/aromatic N) is 1. The molecule has 92 valence electrons. The molecule has 2 N–H and O–H groups in total. The molecule has 1 saturated carbocycles. The number of nitrogens with one attached hydrogen (secondary N) is 1. The Balaban J connectivity index is 2.35. The Morgan fingerprint density at radius 1 is 1.53 bits per heavy atom. The van der Waals surface area contributed by atoms with Crippen molar-refractivity contribution < 1.29 is 9.90 Å². The summed E-state index contributed by atoms with van der Waals surface area (Å²) in [5.41, 5.74) is 2.66. The molecule has 17 heavy (non-hydrogen) atoms. The molecule has 0 bridgehead atoms. The van der Waals surface area contributed by atoms with Gasteiger partial charge in [0.25, 0.3) is 0 Å². The van der Waals surface area contributed by atoms with E-state index in [1.807, 2.05) is 13.0 Å². The fraction of sp³-hybridized carbons (Fsp3) is 0.538. The summed E-state index contributed by atoms with van der Waals surface area (Å²) in [7, 11) is 0. The number of aryl methyl sites for hydroxylation is 2. The van der Waals surface area contributed by atoms with Crippen LogP contribution in [0.15, 0.2) is 6.07 Å². The number of aromatic carboxylic acids is 1. The molecule has 1 fully saturated rings. The Bertz CT molecular complexity index is 481. The van der Waals surface area contributed by atoms with Gasteiger partial charge in [-0.3, -0.25) is 4.98 Å². The molecule has 4 heteroatoms. The van der Waals surface area contributed by atoms with E-state index in [4.69, 9.17) is 0 Å². The summed E-state index contributed by atoms with van der Waals surface area (Å²) >= 11 is 0. The van der Waals surface area contributed by atoms with Gasteiger partial charge in [0.15, 0.2) is 0 Å².